The number of rotatable bonds is 5. The van der Waals surface area contributed by atoms with E-state index in [9.17, 15) is 13.2 Å². The lowest BCUT2D eigenvalue weighted by atomic mass is 10.4. The molecule has 1 aromatic heterocycles. The second kappa shape index (κ2) is 5.33. The third kappa shape index (κ3) is 2.97. The van der Waals surface area contributed by atoms with Gasteiger partial charge in [0, 0.05) is 25.2 Å². The SMILES string of the molecule is N#CCCN(C1CC1)S(=O)(=O)c1c[nH]c(=O)c(Cl)c1. The molecule has 0 saturated heterocycles. The summed E-state index contributed by atoms with van der Waals surface area (Å²) < 4.78 is 26.1. The minimum Gasteiger partial charge on any atom is -0.326 e. The molecular formula is C11H12ClN3O3S. The van der Waals surface area contributed by atoms with Gasteiger partial charge in [-0.25, -0.2) is 8.42 Å². The molecule has 8 heteroatoms. The lowest BCUT2D eigenvalue weighted by Gasteiger charge is -2.20. The van der Waals surface area contributed by atoms with Crippen LogP contribution in [0.25, 0.3) is 0 Å². The molecule has 1 aromatic rings. The first kappa shape index (κ1) is 14.1. The van der Waals surface area contributed by atoms with Gasteiger partial charge in [0.05, 0.1) is 11.0 Å². The number of aromatic nitrogens is 1. The van der Waals surface area contributed by atoms with E-state index in [1.807, 2.05) is 6.07 Å². The third-order valence-electron chi connectivity index (χ3n) is 2.84. The summed E-state index contributed by atoms with van der Waals surface area (Å²) in [5.74, 6) is 0. The first-order chi connectivity index (χ1) is 8.96. The van der Waals surface area contributed by atoms with Crippen LogP contribution >= 0.6 is 11.6 Å². The highest BCUT2D eigenvalue weighted by Gasteiger charge is 2.37. The molecule has 1 aliphatic rings. The molecule has 0 amide bonds. The van der Waals surface area contributed by atoms with Crippen LogP contribution in [0.3, 0.4) is 0 Å². The molecule has 1 N–H and O–H groups in total. The summed E-state index contributed by atoms with van der Waals surface area (Å²) in [4.78, 5) is 13.4. The topological polar surface area (TPSA) is 94.0 Å². The van der Waals surface area contributed by atoms with Crippen LogP contribution in [0.4, 0.5) is 0 Å². The van der Waals surface area contributed by atoms with Gasteiger partial charge in [-0.1, -0.05) is 11.6 Å². The van der Waals surface area contributed by atoms with Crippen LogP contribution in [-0.4, -0.2) is 30.3 Å². The predicted octanol–water partition coefficient (Wildman–Crippen LogP) is 1.10. The van der Waals surface area contributed by atoms with Crippen molar-refractivity contribution in [2.24, 2.45) is 0 Å². The van der Waals surface area contributed by atoms with E-state index in [4.69, 9.17) is 16.9 Å². The quantitative estimate of drug-likeness (QED) is 0.881. The Bertz CT molecular complexity index is 673. The smallest absolute Gasteiger partial charge is 0.266 e. The van der Waals surface area contributed by atoms with Crippen LogP contribution < -0.4 is 5.56 Å². The molecule has 0 spiro atoms. The fraction of sp³-hybridized carbons (Fsp3) is 0.455. The van der Waals surface area contributed by atoms with Crippen molar-refractivity contribution in [2.45, 2.75) is 30.2 Å². The number of halogens is 1. The number of nitrogens with one attached hydrogen (secondary N) is 1. The van der Waals surface area contributed by atoms with Gasteiger partial charge < -0.3 is 4.98 Å². The van der Waals surface area contributed by atoms with Gasteiger partial charge in [-0.2, -0.15) is 9.57 Å². The second-order valence-corrected chi connectivity index (χ2v) is 6.57. The first-order valence-corrected chi connectivity index (χ1v) is 7.55. The number of nitrogens with zero attached hydrogens (tertiary/aromatic N) is 2. The van der Waals surface area contributed by atoms with Gasteiger partial charge >= 0.3 is 0 Å². The molecule has 1 heterocycles. The third-order valence-corrected chi connectivity index (χ3v) is 5.05. The molecule has 0 aliphatic heterocycles. The maximum Gasteiger partial charge on any atom is 0.266 e. The normalized spacial score (nSPS) is 15.4. The van der Waals surface area contributed by atoms with Crippen molar-refractivity contribution in [2.75, 3.05) is 6.54 Å². The fourth-order valence-electron chi connectivity index (χ4n) is 1.74. The molecule has 1 aliphatic carbocycles. The Labute approximate surface area is 115 Å². The van der Waals surface area contributed by atoms with Crippen molar-refractivity contribution in [3.05, 3.63) is 27.6 Å². The molecule has 0 radical (unpaired) electrons. The van der Waals surface area contributed by atoms with E-state index in [1.165, 1.54) is 4.31 Å². The number of hydrogen-bond acceptors (Lipinski definition) is 4. The van der Waals surface area contributed by atoms with Crippen molar-refractivity contribution in [3.63, 3.8) is 0 Å². The van der Waals surface area contributed by atoms with Gasteiger partial charge in [0.15, 0.2) is 0 Å². The van der Waals surface area contributed by atoms with Crippen LogP contribution in [0.1, 0.15) is 19.3 Å². The van der Waals surface area contributed by atoms with Gasteiger partial charge in [0.1, 0.15) is 5.02 Å². The average Bonchev–Trinajstić information content (AvgIpc) is 3.17. The zero-order valence-corrected chi connectivity index (χ0v) is 11.5. The zero-order valence-electron chi connectivity index (χ0n) is 9.97. The lowest BCUT2D eigenvalue weighted by Crippen LogP contribution is -2.34. The standard InChI is InChI=1S/C11H12ClN3O3S/c12-10-6-9(7-14-11(10)16)19(17,18)15(5-1-4-13)8-2-3-8/h6-8H,1-3,5H2,(H,14,16). The van der Waals surface area contributed by atoms with Crippen LogP contribution in [0.15, 0.2) is 22.0 Å². The van der Waals surface area contributed by atoms with E-state index in [2.05, 4.69) is 4.98 Å². The summed E-state index contributed by atoms with van der Waals surface area (Å²) in [5, 5.41) is 8.42. The Kier molecular flexibility index (Phi) is 3.94. The van der Waals surface area contributed by atoms with Crippen LogP contribution in [0, 0.1) is 11.3 Å². The lowest BCUT2D eigenvalue weighted by molar-refractivity contribution is 0.410. The van der Waals surface area contributed by atoms with Crippen molar-refractivity contribution in [1.82, 2.24) is 9.29 Å². The van der Waals surface area contributed by atoms with Crippen molar-refractivity contribution in [1.29, 1.82) is 5.26 Å². The molecule has 1 fully saturated rings. The zero-order chi connectivity index (χ0) is 14.0. The molecule has 1 saturated carbocycles. The highest BCUT2D eigenvalue weighted by Crippen LogP contribution is 2.32. The molecule has 0 aromatic carbocycles. The number of aromatic amines is 1. The summed E-state index contributed by atoms with van der Waals surface area (Å²) in [5.41, 5.74) is -0.532. The Morgan fingerprint density at radius 3 is 2.74 bits per heavy atom. The number of pyridine rings is 1. The minimum atomic E-state index is -3.72. The Morgan fingerprint density at radius 1 is 1.53 bits per heavy atom. The van der Waals surface area contributed by atoms with E-state index in [-0.39, 0.29) is 28.9 Å². The summed E-state index contributed by atoms with van der Waals surface area (Å²) in [6.45, 7) is 0.153. The number of sulfonamides is 1. The summed E-state index contributed by atoms with van der Waals surface area (Å²) in [6.07, 6.45) is 2.85. The second-order valence-electron chi connectivity index (χ2n) is 4.27. The first-order valence-electron chi connectivity index (χ1n) is 5.74. The van der Waals surface area contributed by atoms with Crippen LogP contribution in [0.5, 0.6) is 0 Å². The van der Waals surface area contributed by atoms with Crippen LogP contribution in [0.2, 0.25) is 5.02 Å². The van der Waals surface area contributed by atoms with Crippen molar-refractivity contribution < 1.29 is 8.42 Å². The summed E-state index contributed by atoms with van der Waals surface area (Å²) in [6, 6.07) is 3.02. The maximum atomic E-state index is 12.4. The Balaban J connectivity index is 2.36. The van der Waals surface area contributed by atoms with Crippen molar-refractivity contribution in [3.8, 4) is 6.07 Å². The van der Waals surface area contributed by atoms with Gasteiger partial charge in [-0.05, 0) is 18.9 Å². The van der Waals surface area contributed by atoms with E-state index >= 15 is 0 Å². The maximum absolute atomic E-state index is 12.4. The summed E-state index contributed by atoms with van der Waals surface area (Å²) in [7, 11) is -3.72. The summed E-state index contributed by atoms with van der Waals surface area (Å²) >= 11 is 5.65. The fourth-order valence-corrected chi connectivity index (χ4v) is 3.66. The highest BCUT2D eigenvalue weighted by atomic mass is 35.5. The van der Waals surface area contributed by atoms with Gasteiger partial charge in [0.2, 0.25) is 10.0 Å². The Morgan fingerprint density at radius 2 is 2.21 bits per heavy atom. The van der Waals surface area contributed by atoms with E-state index < -0.39 is 15.6 Å². The molecule has 102 valence electrons. The number of hydrogen-bond donors (Lipinski definition) is 1. The van der Waals surface area contributed by atoms with Gasteiger partial charge in [0.25, 0.3) is 5.56 Å². The molecule has 6 nitrogen and oxygen atoms in total. The average molecular weight is 302 g/mol. The largest absolute Gasteiger partial charge is 0.326 e. The van der Waals surface area contributed by atoms with Gasteiger partial charge in [-0.15, -0.1) is 0 Å². The predicted molar refractivity (Wildman–Crippen MR) is 69.2 cm³/mol. The van der Waals surface area contributed by atoms with E-state index in [1.54, 1.807) is 0 Å². The monoisotopic (exact) mass is 301 g/mol. The molecule has 0 unspecified atom stereocenters. The van der Waals surface area contributed by atoms with Crippen LogP contribution in [-0.2, 0) is 10.0 Å². The van der Waals surface area contributed by atoms with E-state index in [0.29, 0.717) is 0 Å². The number of H-pyrrole nitrogens is 1. The molecular weight excluding hydrogens is 290 g/mol. The molecule has 0 bridgehead atoms. The highest BCUT2D eigenvalue weighted by molar-refractivity contribution is 7.89. The van der Waals surface area contributed by atoms with Crippen molar-refractivity contribution >= 4 is 21.6 Å². The molecule has 19 heavy (non-hydrogen) atoms. The molecule has 0 atom stereocenters. The Hall–Kier alpha value is -1.36. The van der Waals surface area contributed by atoms with Gasteiger partial charge in [-0.3, -0.25) is 4.79 Å². The van der Waals surface area contributed by atoms with E-state index in [0.717, 1.165) is 25.1 Å². The molecule has 2 rings (SSSR count). The minimum absolute atomic E-state index is 0.0518. The number of nitriles is 1.